The molecule has 1 atom stereocenters. The Labute approximate surface area is 190 Å². The summed E-state index contributed by atoms with van der Waals surface area (Å²) in [6.45, 7) is 2.18. The van der Waals surface area contributed by atoms with Gasteiger partial charge in [0.15, 0.2) is 0 Å². The first-order valence-electron chi connectivity index (χ1n) is 11.4. The fourth-order valence-corrected chi connectivity index (χ4v) is 4.39. The highest BCUT2D eigenvalue weighted by Gasteiger charge is 2.23. The van der Waals surface area contributed by atoms with Gasteiger partial charge in [0.1, 0.15) is 0 Å². The number of carbonyl (C=O) groups is 2. The van der Waals surface area contributed by atoms with E-state index >= 15 is 0 Å². The highest BCUT2D eigenvalue weighted by Crippen LogP contribution is 2.29. The molecular weight excluding hydrogens is 396 g/mol. The van der Waals surface area contributed by atoms with E-state index in [1.807, 2.05) is 36.4 Å². The molecule has 3 aromatic carbocycles. The zero-order chi connectivity index (χ0) is 22.5. The third-order valence-corrected chi connectivity index (χ3v) is 6.26. The van der Waals surface area contributed by atoms with E-state index in [0.29, 0.717) is 5.56 Å². The van der Waals surface area contributed by atoms with Crippen LogP contribution in [0.5, 0.6) is 0 Å². The molecule has 0 fully saturated rings. The van der Waals surface area contributed by atoms with Gasteiger partial charge >= 0.3 is 0 Å². The van der Waals surface area contributed by atoms with E-state index in [9.17, 15) is 9.59 Å². The minimum atomic E-state index is -0.155. The van der Waals surface area contributed by atoms with Crippen molar-refractivity contribution in [2.45, 2.75) is 38.6 Å². The number of hydrogen-bond donors (Lipinski definition) is 1. The smallest absolute Gasteiger partial charge is 0.254 e. The predicted octanol–water partition coefficient (Wildman–Crippen LogP) is 5.18. The molecule has 4 rings (SSSR count). The minimum absolute atomic E-state index is 0.0225. The van der Waals surface area contributed by atoms with Crippen molar-refractivity contribution in [1.29, 1.82) is 0 Å². The first kappa shape index (κ1) is 21.8. The number of nitrogens with zero attached hydrogens (tertiary/aromatic N) is 1. The summed E-state index contributed by atoms with van der Waals surface area (Å²) in [5.41, 5.74) is 6.58. The van der Waals surface area contributed by atoms with Crippen LogP contribution in [0.1, 0.15) is 52.9 Å². The molecule has 32 heavy (non-hydrogen) atoms. The van der Waals surface area contributed by atoms with Crippen LogP contribution in [0.25, 0.3) is 11.1 Å². The molecule has 1 aliphatic carbocycles. The summed E-state index contributed by atoms with van der Waals surface area (Å²) < 4.78 is 0. The van der Waals surface area contributed by atoms with Gasteiger partial charge in [-0.05, 0) is 65.6 Å². The number of nitrogens with one attached hydrogen (secondary N) is 1. The number of carbonyl (C=O) groups excluding carboxylic acids is 2. The van der Waals surface area contributed by atoms with E-state index in [4.69, 9.17) is 0 Å². The lowest BCUT2D eigenvalue weighted by atomic mass is 9.88. The fraction of sp³-hybridized carbons (Fsp3) is 0.286. The van der Waals surface area contributed by atoms with Gasteiger partial charge in [-0.15, -0.1) is 0 Å². The van der Waals surface area contributed by atoms with Crippen molar-refractivity contribution in [3.63, 3.8) is 0 Å². The van der Waals surface area contributed by atoms with Gasteiger partial charge in [0.2, 0.25) is 5.91 Å². The molecule has 0 aliphatic heterocycles. The maximum absolute atomic E-state index is 12.8. The van der Waals surface area contributed by atoms with Crippen LogP contribution in [0.3, 0.4) is 0 Å². The molecule has 0 radical (unpaired) electrons. The highest BCUT2D eigenvalue weighted by atomic mass is 16.2. The molecule has 0 saturated heterocycles. The van der Waals surface area contributed by atoms with Crippen molar-refractivity contribution >= 4 is 11.8 Å². The van der Waals surface area contributed by atoms with Crippen LogP contribution in [0.15, 0.2) is 72.8 Å². The van der Waals surface area contributed by atoms with Crippen LogP contribution in [0.2, 0.25) is 0 Å². The summed E-state index contributed by atoms with van der Waals surface area (Å²) in [5, 5.41) is 3.12. The normalized spacial score (nSPS) is 15.0. The summed E-state index contributed by atoms with van der Waals surface area (Å²) in [6, 6.07) is 24.4. The van der Waals surface area contributed by atoms with Crippen molar-refractivity contribution < 1.29 is 9.59 Å². The molecule has 2 amide bonds. The SMILES string of the molecule is CCc1ccc(-c2ccc(C(=O)N(C)CC(=O)NC3CCCc4ccccc43)cc2)cc1. The zero-order valence-corrected chi connectivity index (χ0v) is 18.8. The van der Waals surface area contributed by atoms with Gasteiger partial charge in [0.25, 0.3) is 5.91 Å². The summed E-state index contributed by atoms with van der Waals surface area (Å²) >= 11 is 0. The second kappa shape index (κ2) is 9.82. The Balaban J connectivity index is 1.36. The van der Waals surface area contributed by atoms with Crippen LogP contribution >= 0.6 is 0 Å². The van der Waals surface area contributed by atoms with Crippen LogP contribution < -0.4 is 5.32 Å². The third-order valence-electron chi connectivity index (χ3n) is 6.26. The Morgan fingerprint density at radius 3 is 2.28 bits per heavy atom. The summed E-state index contributed by atoms with van der Waals surface area (Å²) in [4.78, 5) is 27.0. The number of fused-ring (bicyclic) bond motifs is 1. The van der Waals surface area contributed by atoms with Crippen LogP contribution in [-0.2, 0) is 17.6 Å². The Hall–Kier alpha value is -3.40. The molecule has 0 bridgehead atoms. The molecule has 3 aromatic rings. The number of rotatable bonds is 6. The molecular formula is C28H30N2O2. The molecule has 164 valence electrons. The average Bonchev–Trinajstić information content (AvgIpc) is 2.84. The van der Waals surface area contributed by atoms with E-state index in [-0.39, 0.29) is 24.4 Å². The van der Waals surface area contributed by atoms with E-state index in [2.05, 4.69) is 48.6 Å². The lowest BCUT2D eigenvalue weighted by molar-refractivity contribution is -0.122. The predicted molar refractivity (Wildman–Crippen MR) is 128 cm³/mol. The number of benzene rings is 3. The third kappa shape index (κ3) is 4.91. The van der Waals surface area contributed by atoms with E-state index in [1.165, 1.54) is 21.6 Å². The Kier molecular flexibility index (Phi) is 6.69. The Bertz CT molecular complexity index is 1090. The zero-order valence-electron chi connectivity index (χ0n) is 18.8. The molecule has 0 heterocycles. The van der Waals surface area contributed by atoms with Crippen molar-refractivity contribution in [1.82, 2.24) is 10.2 Å². The first-order chi connectivity index (χ1) is 15.5. The van der Waals surface area contributed by atoms with Crippen molar-refractivity contribution in [3.8, 4) is 11.1 Å². The molecule has 4 nitrogen and oxygen atoms in total. The number of aryl methyl sites for hydroxylation is 2. The van der Waals surface area contributed by atoms with Crippen LogP contribution in [0, 0.1) is 0 Å². The second-order valence-electron chi connectivity index (χ2n) is 8.50. The van der Waals surface area contributed by atoms with Gasteiger partial charge in [-0.25, -0.2) is 0 Å². The second-order valence-corrected chi connectivity index (χ2v) is 8.50. The van der Waals surface area contributed by atoms with E-state index in [1.54, 1.807) is 7.05 Å². The number of hydrogen-bond acceptors (Lipinski definition) is 2. The standard InChI is InChI=1S/C28H30N2O2/c1-3-20-11-13-21(14-12-20)22-15-17-24(18-16-22)28(32)30(2)19-27(31)29-26-10-6-8-23-7-4-5-9-25(23)26/h4-5,7,9,11-18,26H,3,6,8,10,19H2,1-2H3,(H,29,31). The van der Waals surface area contributed by atoms with Crippen molar-refractivity contribution in [3.05, 3.63) is 95.1 Å². The van der Waals surface area contributed by atoms with Gasteiger partial charge in [0, 0.05) is 12.6 Å². The first-order valence-corrected chi connectivity index (χ1v) is 11.4. The fourth-order valence-electron chi connectivity index (χ4n) is 4.39. The monoisotopic (exact) mass is 426 g/mol. The largest absolute Gasteiger partial charge is 0.348 e. The number of likely N-dealkylation sites (N-methyl/N-ethyl adjacent to an activating group) is 1. The highest BCUT2D eigenvalue weighted by molar-refractivity contribution is 5.96. The van der Waals surface area contributed by atoms with Gasteiger partial charge in [0.05, 0.1) is 12.6 Å². The van der Waals surface area contributed by atoms with Gasteiger partial charge in [-0.3, -0.25) is 9.59 Å². The molecule has 1 N–H and O–H groups in total. The van der Waals surface area contributed by atoms with E-state index < -0.39 is 0 Å². The molecule has 1 unspecified atom stereocenters. The Morgan fingerprint density at radius 2 is 1.59 bits per heavy atom. The average molecular weight is 427 g/mol. The maximum Gasteiger partial charge on any atom is 0.254 e. The summed E-state index contributed by atoms with van der Waals surface area (Å²) in [5.74, 6) is -0.285. The molecule has 0 aromatic heterocycles. The molecule has 0 saturated carbocycles. The molecule has 1 aliphatic rings. The quantitative estimate of drug-likeness (QED) is 0.590. The van der Waals surface area contributed by atoms with Gasteiger partial charge in [-0.2, -0.15) is 0 Å². The van der Waals surface area contributed by atoms with Crippen molar-refractivity contribution in [2.24, 2.45) is 0 Å². The maximum atomic E-state index is 12.8. The summed E-state index contributed by atoms with van der Waals surface area (Å²) in [7, 11) is 1.67. The minimum Gasteiger partial charge on any atom is -0.348 e. The topological polar surface area (TPSA) is 49.4 Å². The Morgan fingerprint density at radius 1 is 0.938 bits per heavy atom. The van der Waals surface area contributed by atoms with Crippen LogP contribution in [-0.4, -0.2) is 30.3 Å². The molecule has 0 spiro atoms. The van der Waals surface area contributed by atoms with E-state index in [0.717, 1.165) is 36.8 Å². The lowest BCUT2D eigenvalue weighted by Crippen LogP contribution is -2.40. The van der Waals surface area contributed by atoms with Crippen molar-refractivity contribution in [2.75, 3.05) is 13.6 Å². The molecule has 4 heteroatoms. The van der Waals surface area contributed by atoms with Crippen LogP contribution in [0.4, 0.5) is 0 Å². The van der Waals surface area contributed by atoms with Gasteiger partial charge in [-0.1, -0.05) is 67.6 Å². The number of amides is 2. The summed E-state index contributed by atoms with van der Waals surface area (Å²) in [6.07, 6.45) is 4.06. The van der Waals surface area contributed by atoms with Gasteiger partial charge < -0.3 is 10.2 Å². The lowest BCUT2D eigenvalue weighted by Gasteiger charge is -2.27.